The van der Waals surface area contributed by atoms with Crippen LogP contribution in [-0.2, 0) is 9.53 Å². The monoisotopic (exact) mass is 290 g/mol. The lowest BCUT2D eigenvalue weighted by atomic mass is 9.92. The van der Waals surface area contributed by atoms with Crippen molar-refractivity contribution in [3.8, 4) is 6.07 Å². The molecule has 0 spiro atoms. The summed E-state index contributed by atoms with van der Waals surface area (Å²) in [5, 5.41) is 21.5. The molecule has 1 aromatic rings. The van der Waals surface area contributed by atoms with Crippen molar-refractivity contribution in [3.63, 3.8) is 0 Å². The van der Waals surface area contributed by atoms with Crippen LogP contribution in [0.1, 0.15) is 5.56 Å². The SMILES string of the molecule is COC1=CC(c2cccc(Cl)c2)=CNC1(C#N)C(=O)O. The van der Waals surface area contributed by atoms with Crippen LogP contribution in [0, 0.1) is 11.3 Å². The second kappa shape index (κ2) is 5.27. The second-order valence-corrected chi connectivity index (χ2v) is 4.57. The van der Waals surface area contributed by atoms with E-state index in [1.54, 1.807) is 24.3 Å². The van der Waals surface area contributed by atoms with E-state index < -0.39 is 11.5 Å². The van der Waals surface area contributed by atoms with Crippen molar-refractivity contribution >= 4 is 23.1 Å². The zero-order valence-electron chi connectivity index (χ0n) is 10.6. The summed E-state index contributed by atoms with van der Waals surface area (Å²) in [7, 11) is 1.32. The number of nitriles is 1. The molecule has 2 N–H and O–H groups in total. The average Bonchev–Trinajstić information content (AvgIpc) is 2.46. The van der Waals surface area contributed by atoms with Gasteiger partial charge >= 0.3 is 5.97 Å². The van der Waals surface area contributed by atoms with Crippen LogP contribution >= 0.6 is 11.6 Å². The predicted molar refractivity (Wildman–Crippen MR) is 73.6 cm³/mol. The second-order valence-electron chi connectivity index (χ2n) is 4.13. The van der Waals surface area contributed by atoms with Gasteiger partial charge in [0.05, 0.1) is 7.11 Å². The Morgan fingerprint density at radius 3 is 2.85 bits per heavy atom. The van der Waals surface area contributed by atoms with E-state index in [4.69, 9.17) is 21.6 Å². The molecule has 1 aromatic carbocycles. The maximum atomic E-state index is 11.3. The van der Waals surface area contributed by atoms with Crippen LogP contribution in [-0.4, -0.2) is 23.7 Å². The Kier molecular flexibility index (Phi) is 3.68. The molecule has 0 amide bonds. The van der Waals surface area contributed by atoms with Gasteiger partial charge in [0.25, 0.3) is 5.54 Å². The molecule has 0 fully saturated rings. The molecule has 1 unspecified atom stereocenters. The van der Waals surface area contributed by atoms with Crippen molar-refractivity contribution in [1.82, 2.24) is 5.32 Å². The van der Waals surface area contributed by atoms with Gasteiger partial charge in [0.2, 0.25) is 0 Å². The van der Waals surface area contributed by atoms with E-state index in [0.29, 0.717) is 10.6 Å². The van der Waals surface area contributed by atoms with Crippen molar-refractivity contribution in [2.45, 2.75) is 5.54 Å². The Hall–Kier alpha value is -2.45. The summed E-state index contributed by atoms with van der Waals surface area (Å²) < 4.78 is 5.06. The lowest BCUT2D eigenvalue weighted by Gasteiger charge is -2.28. The molecule has 1 atom stereocenters. The minimum atomic E-state index is -1.91. The smallest absolute Gasteiger partial charge is 0.352 e. The Balaban J connectivity index is 2.46. The highest BCUT2D eigenvalue weighted by Crippen LogP contribution is 2.29. The van der Waals surface area contributed by atoms with Crippen LogP contribution in [0.2, 0.25) is 5.02 Å². The summed E-state index contributed by atoms with van der Waals surface area (Å²) in [5.74, 6) is -1.31. The highest BCUT2D eigenvalue weighted by molar-refractivity contribution is 6.30. The molecule has 1 heterocycles. The number of methoxy groups -OCH3 is 1. The van der Waals surface area contributed by atoms with E-state index in [0.717, 1.165) is 5.56 Å². The van der Waals surface area contributed by atoms with Crippen LogP contribution in [0.4, 0.5) is 0 Å². The molecular weight excluding hydrogens is 280 g/mol. The normalized spacial score (nSPS) is 21.1. The number of carboxylic acids is 1. The minimum absolute atomic E-state index is 0.0185. The third-order valence-corrected chi connectivity index (χ3v) is 3.20. The summed E-state index contributed by atoms with van der Waals surface area (Å²) in [4.78, 5) is 11.3. The number of halogens is 1. The van der Waals surface area contributed by atoms with Crippen molar-refractivity contribution in [3.05, 3.63) is 52.9 Å². The first-order valence-corrected chi connectivity index (χ1v) is 6.06. The van der Waals surface area contributed by atoms with Crippen molar-refractivity contribution in [2.24, 2.45) is 0 Å². The number of ether oxygens (including phenoxy) is 1. The van der Waals surface area contributed by atoms with Crippen LogP contribution in [0.3, 0.4) is 0 Å². The molecule has 6 heteroatoms. The van der Waals surface area contributed by atoms with Crippen LogP contribution in [0.25, 0.3) is 5.57 Å². The van der Waals surface area contributed by atoms with Gasteiger partial charge in [-0.1, -0.05) is 23.7 Å². The zero-order valence-corrected chi connectivity index (χ0v) is 11.3. The molecule has 0 saturated heterocycles. The number of carbonyl (C=O) groups is 1. The third-order valence-electron chi connectivity index (χ3n) is 2.97. The highest BCUT2D eigenvalue weighted by atomic mass is 35.5. The van der Waals surface area contributed by atoms with Gasteiger partial charge in [0, 0.05) is 16.8 Å². The van der Waals surface area contributed by atoms with Gasteiger partial charge in [-0.25, -0.2) is 4.79 Å². The minimum Gasteiger partial charge on any atom is -0.497 e. The molecule has 0 aliphatic carbocycles. The Morgan fingerprint density at radius 1 is 1.55 bits per heavy atom. The average molecular weight is 291 g/mol. The number of hydrogen-bond donors (Lipinski definition) is 2. The van der Waals surface area contributed by atoms with E-state index in [1.807, 2.05) is 6.07 Å². The van der Waals surface area contributed by atoms with E-state index in [2.05, 4.69) is 5.32 Å². The molecule has 0 aromatic heterocycles. The fraction of sp³-hybridized carbons (Fsp3) is 0.143. The number of nitrogens with one attached hydrogen (secondary N) is 1. The third kappa shape index (κ3) is 2.22. The lowest BCUT2D eigenvalue weighted by molar-refractivity contribution is -0.141. The lowest BCUT2D eigenvalue weighted by Crippen LogP contribution is -2.52. The van der Waals surface area contributed by atoms with Crippen LogP contribution in [0.15, 0.2) is 42.3 Å². The Labute approximate surface area is 120 Å². The first-order chi connectivity index (χ1) is 9.53. The molecule has 1 aliphatic rings. The summed E-state index contributed by atoms with van der Waals surface area (Å²) in [6.07, 6.45) is 2.98. The van der Waals surface area contributed by atoms with Gasteiger partial charge in [-0.05, 0) is 23.8 Å². The first kappa shape index (κ1) is 14.0. The quantitative estimate of drug-likeness (QED) is 0.891. The molecule has 5 nitrogen and oxygen atoms in total. The maximum absolute atomic E-state index is 11.3. The van der Waals surface area contributed by atoms with Gasteiger partial charge in [-0.15, -0.1) is 0 Å². The van der Waals surface area contributed by atoms with E-state index in [-0.39, 0.29) is 5.76 Å². The molecular formula is C14H11ClN2O3. The molecule has 2 rings (SSSR count). The number of rotatable bonds is 3. The standard InChI is InChI=1S/C14H11ClN2O3/c1-20-12-6-10(9-3-2-4-11(15)5-9)7-17-14(12,8-16)13(18)19/h2-7,17H,1H3,(H,18,19). The van der Waals surface area contributed by atoms with Gasteiger partial charge in [0.1, 0.15) is 11.8 Å². The molecule has 102 valence electrons. The number of dihydropyridines is 1. The zero-order chi connectivity index (χ0) is 14.8. The van der Waals surface area contributed by atoms with Gasteiger partial charge in [-0.2, -0.15) is 5.26 Å². The number of benzene rings is 1. The van der Waals surface area contributed by atoms with E-state index in [1.165, 1.54) is 19.4 Å². The maximum Gasteiger partial charge on any atom is 0.352 e. The molecule has 0 saturated carbocycles. The summed E-state index contributed by atoms with van der Waals surface area (Å²) in [6, 6.07) is 8.80. The Morgan fingerprint density at radius 2 is 2.30 bits per heavy atom. The largest absolute Gasteiger partial charge is 0.497 e. The molecule has 0 bridgehead atoms. The topological polar surface area (TPSA) is 82.3 Å². The van der Waals surface area contributed by atoms with E-state index >= 15 is 0 Å². The van der Waals surface area contributed by atoms with Crippen LogP contribution < -0.4 is 5.32 Å². The molecule has 1 aliphatic heterocycles. The fourth-order valence-corrected chi connectivity index (χ4v) is 2.09. The Bertz CT molecular complexity index is 661. The number of nitrogens with zero attached hydrogens (tertiary/aromatic N) is 1. The van der Waals surface area contributed by atoms with Gasteiger partial charge in [0.15, 0.2) is 0 Å². The van der Waals surface area contributed by atoms with Crippen molar-refractivity contribution < 1.29 is 14.6 Å². The van der Waals surface area contributed by atoms with Crippen LogP contribution in [0.5, 0.6) is 0 Å². The van der Waals surface area contributed by atoms with Crippen molar-refractivity contribution in [2.75, 3.05) is 7.11 Å². The molecule has 0 radical (unpaired) electrons. The summed E-state index contributed by atoms with van der Waals surface area (Å²) >= 11 is 5.92. The summed E-state index contributed by atoms with van der Waals surface area (Å²) in [5.41, 5.74) is -0.440. The fourth-order valence-electron chi connectivity index (χ4n) is 1.90. The number of carboxylic acid groups (broad SMARTS) is 1. The number of aliphatic carboxylic acids is 1. The van der Waals surface area contributed by atoms with E-state index in [9.17, 15) is 9.90 Å². The summed E-state index contributed by atoms with van der Waals surface area (Å²) in [6.45, 7) is 0. The number of allylic oxidation sites excluding steroid dienone is 2. The predicted octanol–water partition coefficient (Wildman–Crippen LogP) is 2.16. The first-order valence-electron chi connectivity index (χ1n) is 5.68. The number of hydrogen-bond acceptors (Lipinski definition) is 4. The van der Waals surface area contributed by atoms with Gasteiger partial charge < -0.3 is 15.2 Å². The highest BCUT2D eigenvalue weighted by Gasteiger charge is 2.45. The molecule has 20 heavy (non-hydrogen) atoms. The van der Waals surface area contributed by atoms with Crippen molar-refractivity contribution in [1.29, 1.82) is 5.26 Å². The van der Waals surface area contributed by atoms with Gasteiger partial charge in [-0.3, -0.25) is 0 Å².